The molecule has 0 radical (unpaired) electrons. The lowest BCUT2D eigenvalue weighted by Crippen LogP contribution is -2.39. The second kappa shape index (κ2) is 7.38. The normalized spacial score (nSPS) is 12.8. The van der Waals surface area contributed by atoms with Crippen LogP contribution >= 0.6 is 7.82 Å². The molecule has 7 nitrogen and oxygen atoms in total. The fourth-order valence-electron chi connectivity index (χ4n) is 1.90. The molecule has 3 N–H and O–H groups in total. The highest BCUT2D eigenvalue weighted by Crippen LogP contribution is 2.35. The third kappa shape index (κ3) is 5.46. The fraction of sp³-hybridized carbons (Fsp3) is 0.214. The van der Waals surface area contributed by atoms with Crippen molar-refractivity contribution in [1.82, 2.24) is 5.32 Å². The Labute approximate surface area is 127 Å². The van der Waals surface area contributed by atoms with Crippen LogP contribution in [0.2, 0.25) is 0 Å². The first kappa shape index (κ1) is 16.5. The number of amides is 1. The van der Waals surface area contributed by atoms with Crippen molar-refractivity contribution in [2.24, 2.45) is 0 Å². The minimum atomic E-state index is -4.60. The molecular weight excluding hydrogens is 309 g/mol. The van der Waals surface area contributed by atoms with Crippen LogP contribution in [0.3, 0.4) is 0 Å². The maximum atomic E-state index is 12.0. The molecule has 22 heavy (non-hydrogen) atoms. The summed E-state index contributed by atoms with van der Waals surface area (Å²) in [6.07, 6.45) is 1.74. The molecule has 1 amide bonds. The van der Waals surface area contributed by atoms with E-state index in [1.807, 2.05) is 30.3 Å². The topological polar surface area (TPSA) is 109 Å². The summed E-state index contributed by atoms with van der Waals surface area (Å²) >= 11 is 0. The van der Waals surface area contributed by atoms with Crippen LogP contribution in [0.15, 0.2) is 53.1 Å². The number of rotatable bonds is 7. The minimum Gasteiger partial charge on any atom is -0.459 e. The summed E-state index contributed by atoms with van der Waals surface area (Å²) in [6.45, 7) is -0.314. The van der Waals surface area contributed by atoms with Crippen LogP contribution in [-0.4, -0.2) is 28.3 Å². The predicted molar refractivity (Wildman–Crippen MR) is 78.1 cm³/mol. The van der Waals surface area contributed by atoms with Crippen molar-refractivity contribution in [3.63, 3.8) is 0 Å². The minimum absolute atomic E-state index is 0.120. The second-order valence-corrected chi connectivity index (χ2v) is 5.86. The first-order valence-electron chi connectivity index (χ1n) is 6.52. The number of benzene rings is 1. The Morgan fingerprint density at radius 3 is 2.55 bits per heavy atom. The van der Waals surface area contributed by atoms with Gasteiger partial charge in [0.2, 0.25) is 0 Å². The van der Waals surface area contributed by atoms with Gasteiger partial charge in [0.25, 0.3) is 5.91 Å². The Bertz CT molecular complexity index is 637. The summed E-state index contributed by atoms with van der Waals surface area (Å²) in [5.41, 5.74) is 0.904. The average molecular weight is 325 g/mol. The van der Waals surface area contributed by atoms with Crippen molar-refractivity contribution in [2.45, 2.75) is 12.5 Å². The summed E-state index contributed by atoms with van der Waals surface area (Å²) in [5, 5.41) is 2.64. The van der Waals surface area contributed by atoms with Gasteiger partial charge in [-0.2, -0.15) is 0 Å². The Balaban J connectivity index is 2.03. The summed E-state index contributed by atoms with van der Waals surface area (Å²) in [5.74, 6) is -0.352. The quantitative estimate of drug-likeness (QED) is 0.669. The molecule has 1 atom stereocenters. The van der Waals surface area contributed by atoms with Crippen LogP contribution in [0.4, 0.5) is 0 Å². The average Bonchev–Trinajstić information content (AvgIpc) is 2.99. The van der Waals surface area contributed by atoms with E-state index in [0.29, 0.717) is 6.42 Å². The molecular formula is C14H16NO6P. The van der Waals surface area contributed by atoms with E-state index in [2.05, 4.69) is 9.84 Å². The van der Waals surface area contributed by atoms with E-state index in [1.165, 1.54) is 12.3 Å². The zero-order chi connectivity index (χ0) is 16.0. The molecule has 0 spiro atoms. The van der Waals surface area contributed by atoms with Crippen LogP contribution in [-0.2, 0) is 15.5 Å². The lowest BCUT2D eigenvalue weighted by atomic mass is 10.1. The van der Waals surface area contributed by atoms with Gasteiger partial charge in [-0.15, -0.1) is 0 Å². The molecule has 118 valence electrons. The van der Waals surface area contributed by atoms with Crippen LogP contribution in [0, 0.1) is 0 Å². The van der Waals surface area contributed by atoms with Crippen molar-refractivity contribution in [1.29, 1.82) is 0 Å². The number of carbonyl (C=O) groups excluding carboxylic acids is 1. The highest BCUT2D eigenvalue weighted by Gasteiger charge is 2.21. The summed E-state index contributed by atoms with van der Waals surface area (Å²) < 4.78 is 20.3. The zero-order valence-corrected chi connectivity index (χ0v) is 12.5. The third-order valence-corrected chi connectivity index (χ3v) is 3.33. The van der Waals surface area contributed by atoms with Gasteiger partial charge in [-0.05, 0) is 24.1 Å². The molecule has 8 heteroatoms. The predicted octanol–water partition coefficient (Wildman–Crippen LogP) is 1.73. The first-order valence-corrected chi connectivity index (χ1v) is 8.05. The molecule has 1 aromatic carbocycles. The van der Waals surface area contributed by atoms with E-state index in [0.717, 1.165) is 5.56 Å². The summed E-state index contributed by atoms with van der Waals surface area (Å²) in [6, 6.07) is 11.7. The molecule has 2 rings (SSSR count). The SMILES string of the molecule is O=C(N[C@@H](COP(=O)(O)O)Cc1ccccc1)c1ccco1. The van der Waals surface area contributed by atoms with Gasteiger partial charge in [0.05, 0.1) is 18.9 Å². The van der Waals surface area contributed by atoms with E-state index < -0.39 is 19.8 Å². The highest BCUT2D eigenvalue weighted by atomic mass is 31.2. The molecule has 0 bridgehead atoms. The van der Waals surface area contributed by atoms with Crippen molar-refractivity contribution in [3.8, 4) is 0 Å². The largest absolute Gasteiger partial charge is 0.469 e. The van der Waals surface area contributed by atoms with Gasteiger partial charge in [0, 0.05) is 0 Å². The van der Waals surface area contributed by atoms with E-state index in [1.54, 1.807) is 6.07 Å². The lowest BCUT2D eigenvalue weighted by Gasteiger charge is -2.18. The number of nitrogens with one attached hydrogen (secondary N) is 1. The molecule has 1 heterocycles. The molecule has 0 aliphatic carbocycles. The Morgan fingerprint density at radius 1 is 1.23 bits per heavy atom. The Kier molecular flexibility index (Phi) is 5.51. The van der Waals surface area contributed by atoms with Crippen LogP contribution in [0.5, 0.6) is 0 Å². The lowest BCUT2D eigenvalue weighted by molar-refractivity contribution is 0.0881. The monoisotopic (exact) mass is 325 g/mol. The third-order valence-electron chi connectivity index (χ3n) is 2.85. The molecule has 0 saturated heterocycles. The molecule has 0 aliphatic heterocycles. The molecule has 2 aromatic rings. The van der Waals surface area contributed by atoms with Gasteiger partial charge >= 0.3 is 7.82 Å². The first-order chi connectivity index (χ1) is 10.4. The van der Waals surface area contributed by atoms with Crippen molar-refractivity contribution < 1.29 is 28.1 Å². The molecule has 0 fully saturated rings. The number of furan rings is 1. The number of phosphoric ester groups is 1. The van der Waals surface area contributed by atoms with Crippen molar-refractivity contribution in [2.75, 3.05) is 6.61 Å². The van der Waals surface area contributed by atoms with Crippen molar-refractivity contribution >= 4 is 13.7 Å². The van der Waals surface area contributed by atoms with Crippen LogP contribution in [0.25, 0.3) is 0 Å². The maximum Gasteiger partial charge on any atom is 0.469 e. The fourth-order valence-corrected chi connectivity index (χ4v) is 2.28. The van der Waals surface area contributed by atoms with E-state index in [9.17, 15) is 9.36 Å². The van der Waals surface area contributed by atoms with E-state index in [4.69, 9.17) is 14.2 Å². The number of hydrogen-bond donors (Lipinski definition) is 3. The number of carbonyl (C=O) groups is 1. The summed E-state index contributed by atoms with van der Waals surface area (Å²) in [4.78, 5) is 29.6. The zero-order valence-electron chi connectivity index (χ0n) is 11.6. The van der Waals surface area contributed by atoms with Crippen molar-refractivity contribution in [3.05, 3.63) is 60.1 Å². The Hall–Kier alpha value is -1.92. The van der Waals surface area contributed by atoms with E-state index >= 15 is 0 Å². The van der Waals surface area contributed by atoms with Gasteiger partial charge in [-0.3, -0.25) is 9.32 Å². The maximum absolute atomic E-state index is 12.0. The van der Waals surface area contributed by atoms with E-state index in [-0.39, 0.29) is 12.4 Å². The smallest absolute Gasteiger partial charge is 0.459 e. The van der Waals surface area contributed by atoms with Crippen LogP contribution < -0.4 is 5.32 Å². The van der Waals surface area contributed by atoms with Gasteiger partial charge in [0.15, 0.2) is 5.76 Å². The second-order valence-electron chi connectivity index (χ2n) is 4.62. The number of hydrogen-bond acceptors (Lipinski definition) is 4. The summed E-state index contributed by atoms with van der Waals surface area (Å²) in [7, 11) is -4.60. The molecule has 0 aliphatic rings. The molecule has 0 saturated carbocycles. The molecule has 0 unspecified atom stereocenters. The van der Waals surface area contributed by atoms with Gasteiger partial charge < -0.3 is 19.5 Å². The number of phosphoric acid groups is 1. The van der Waals surface area contributed by atoms with Crippen LogP contribution in [0.1, 0.15) is 16.1 Å². The molecule has 1 aromatic heterocycles. The standard InChI is InChI=1S/C14H16NO6P/c16-14(13-7-4-8-20-13)15-12(10-21-22(17,18)19)9-11-5-2-1-3-6-11/h1-8,12H,9-10H2,(H,15,16)(H2,17,18,19)/t12-/m1/s1. The Morgan fingerprint density at radius 2 is 1.95 bits per heavy atom. The van der Waals surface area contributed by atoms with Gasteiger partial charge in [-0.1, -0.05) is 30.3 Å². The van der Waals surface area contributed by atoms with Gasteiger partial charge in [-0.25, -0.2) is 4.57 Å². The van der Waals surface area contributed by atoms with Gasteiger partial charge in [0.1, 0.15) is 0 Å². The highest BCUT2D eigenvalue weighted by molar-refractivity contribution is 7.46.